The Labute approximate surface area is 72.9 Å². The smallest absolute Gasteiger partial charge is 0.267 e. The maximum absolute atomic E-state index is 11.0. The third-order valence-electron chi connectivity index (χ3n) is 1.82. The van der Waals surface area contributed by atoms with Crippen molar-refractivity contribution >= 4 is 17.8 Å². The Balaban J connectivity index is 2.70. The molecule has 0 unspecified atom stereocenters. The largest absolute Gasteiger partial charge is 0.278 e. The van der Waals surface area contributed by atoms with E-state index in [4.69, 9.17) is 0 Å². The highest BCUT2D eigenvalue weighted by Crippen LogP contribution is 2.24. The number of hydrogen-bond acceptors (Lipinski definition) is 3. The summed E-state index contributed by atoms with van der Waals surface area (Å²) in [6.07, 6.45) is 1.23. The molecule has 0 spiro atoms. The van der Waals surface area contributed by atoms with E-state index in [1.165, 1.54) is 24.4 Å². The number of carbonyl (C=O) groups is 1. The Hall–Kier alpha value is -2.04. The minimum absolute atomic E-state index is 0.0768. The molecule has 0 aliphatic carbocycles. The number of nitro groups is 1. The van der Waals surface area contributed by atoms with Gasteiger partial charge in [-0.25, -0.2) is 4.99 Å². The molecule has 1 heterocycles. The van der Waals surface area contributed by atoms with Crippen molar-refractivity contribution in [3.63, 3.8) is 0 Å². The minimum Gasteiger partial charge on any atom is -0.267 e. The molecule has 0 fully saturated rings. The van der Waals surface area contributed by atoms with Gasteiger partial charge in [0.05, 0.1) is 16.1 Å². The SMILES string of the molecule is O=C1N=Cc2c1cccc2[N+](=O)[O-]. The summed E-state index contributed by atoms with van der Waals surface area (Å²) in [5.41, 5.74) is 0.527. The maximum atomic E-state index is 11.0. The lowest BCUT2D eigenvalue weighted by molar-refractivity contribution is -0.385. The van der Waals surface area contributed by atoms with E-state index in [-0.39, 0.29) is 5.69 Å². The van der Waals surface area contributed by atoms with Gasteiger partial charge in [-0.3, -0.25) is 14.9 Å². The van der Waals surface area contributed by atoms with Gasteiger partial charge in [-0.05, 0) is 6.07 Å². The molecule has 0 N–H and O–H groups in total. The number of fused-ring (bicyclic) bond motifs is 1. The van der Waals surface area contributed by atoms with E-state index in [9.17, 15) is 14.9 Å². The fourth-order valence-corrected chi connectivity index (χ4v) is 1.23. The number of rotatable bonds is 1. The van der Waals surface area contributed by atoms with Crippen LogP contribution in [0, 0.1) is 10.1 Å². The van der Waals surface area contributed by atoms with Crippen LogP contribution in [-0.4, -0.2) is 17.0 Å². The first-order valence-electron chi connectivity index (χ1n) is 3.56. The topological polar surface area (TPSA) is 72.6 Å². The van der Waals surface area contributed by atoms with Gasteiger partial charge >= 0.3 is 0 Å². The second kappa shape index (κ2) is 2.48. The second-order valence-electron chi connectivity index (χ2n) is 2.56. The van der Waals surface area contributed by atoms with Crippen LogP contribution in [0.4, 0.5) is 5.69 Å². The summed E-state index contributed by atoms with van der Waals surface area (Å²) in [4.78, 5) is 24.5. The average Bonchev–Trinajstić information content (AvgIpc) is 2.48. The van der Waals surface area contributed by atoms with Crippen LogP contribution in [0.15, 0.2) is 23.2 Å². The minimum atomic E-state index is -0.524. The molecular formula is C8H4N2O3. The van der Waals surface area contributed by atoms with E-state index in [1.807, 2.05) is 0 Å². The summed E-state index contributed by atoms with van der Waals surface area (Å²) in [5, 5.41) is 10.5. The molecule has 1 aromatic rings. The third-order valence-corrected chi connectivity index (χ3v) is 1.82. The van der Waals surface area contributed by atoms with Gasteiger partial charge in [-0.2, -0.15) is 0 Å². The molecule has 0 bridgehead atoms. The summed E-state index contributed by atoms with van der Waals surface area (Å²) >= 11 is 0. The van der Waals surface area contributed by atoms with Crippen molar-refractivity contribution < 1.29 is 9.72 Å². The highest BCUT2D eigenvalue weighted by atomic mass is 16.6. The first-order chi connectivity index (χ1) is 6.20. The Bertz CT molecular complexity index is 437. The molecule has 1 aliphatic rings. The number of nitro benzene ring substituents is 1. The van der Waals surface area contributed by atoms with Crippen LogP contribution in [0.1, 0.15) is 15.9 Å². The fourth-order valence-electron chi connectivity index (χ4n) is 1.23. The van der Waals surface area contributed by atoms with Gasteiger partial charge in [0.1, 0.15) is 0 Å². The molecule has 0 aromatic heterocycles. The molecular weight excluding hydrogens is 172 g/mol. The van der Waals surface area contributed by atoms with Crippen LogP contribution < -0.4 is 0 Å². The van der Waals surface area contributed by atoms with Crippen molar-refractivity contribution in [3.05, 3.63) is 39.4 Å². The van der Waals surface area contributed by atoms with E-state index in [0.717, 1.165) is 0 Å². The van der Waals surface area contributed by atoms with Gasteiger partial charge in [0.15, 0.2) is 0 Å². The summed E-state index contributed by atoms with van der Waals surface area (Å²) in [5.74, 6) is -0.418. The normalized spacial score (nSPS) is 13.1. The summed E-state index contributed by atoms with van der Waals surface area (Å²) in [6.45, 7) is 0. The van der Waals surface area contributed by atoms with Crippen LogP contribution in [0.3, 0.4) is 0 Å². The lowest BCUT2D eigenvalue weighted by atomic mass is 10.1. The molecule has 5 nitrogen and oxygen atoms in total. The number of amides is 1. The predicted octanol–water partition coefficient (Wildman–Crippen LogP) is 1.17. The number of nitrogens with zero attached hydrogens (tertiary/aromatic N) is 2. The van der Waals surface area contributed by atoms with Gasteiger partial charge in [-0.15, -0.1) is 0 Å². The van der Waals surface area contributed by atoms with Gasteiger partial charge in [0.2, 0.25) is 0 Å². The quantitative estimate of drug-likeness (QED) is 0.476. The highest BCUT2D eigenvalue weighted by Gasteiger charge is 2.23. The monoisotopic (exact) mass is 176 g/mol. The molecule has 0 atom stereocenters. The predicted molar refractivity (Wildman–Crippen MR) is 45.0 cm³/mol. The van der Waals surface area contributed by atoms with Crippen molar-refractivity contribution in [2.45, 2.75) is 0 Å². The van der Waals surface area contributed by atoms with E-state index in [1.54, 1.807) is 0 Å². The molecule has 13 heavy (non-hydrogen) atoms. The van der Waals surface area contributed by atoms with Crippen molar-refractivity contribution in [2.75, 3.05) is 0 Å². The highest BCUT2D eigenvalue weighted by molar-refractivity contribution is 6.14. The van der Waals surface area contributed by atoms with E-state index >= 15 is 0 Å². The van der Waals surface area contributed by atoms with E-state index < -0.39 is 10.8 Å². The maximum Gasteiger partial charge on any atom is 0.278 e. The zero-order valence-corrected chi connectivity index (χ0v) is 6.43. The van der Waals surface area contributed by atoms with Crippen LogP contribution in [0.25, 0.3) is 0 Å². The lowest BCUT2D eigenvalue weighted by Crippen LogP contribution is -1.97. The van der Waals surface area contributed by atoms with Crippen molar-refractivity contribution in [1.82, 2.24) is 0 Å². The average molecular weight is 176 g/mol. The van der Waals surface area contributed by atoms with Gasteiger partial charge in [0.25, 0.3) is 11.6 Å². The summed E-state index contributed by atoms with van der Waals surface area (Å²) in [6, 6.07) is 4.35. The van der Waals surface area contributed by atoms with Gasteiger partial charge in [0, 0.05) is 12.3 Å². The molecule has 5 heteroatoms. The lowest BCUT2D eigenvalue weighted by Gasteiger charge is -1.95. The number of aliphatic imine (C=N–C) groups is 1. The Morgan fingerprint density at radius 1 is 1.38 bits per heavy atom. The van der Waals surface area contributed by atoms with Crippen molar-refractivity contribution in [3.8, 4) is 0 Å². The number of benzene rings is 1. The Morgan fingerprint density at radius 2 is 2.15 bits per heavy atom. The third kappa shape index (κ3) is 1.01. The molecule has 0 saturated carbocycles. The standard InChI is InChI=1S/C8H4N2O3/c11-8-5-2-1-3-7(10(12)13)6(5)4-9-8/h1-4H. The Morgan fingerprint density at radius 3 is 2.85 bits per heavy atom. The zero-order valence-electron chi connectivity index (χ0n) is 6.43. The second-order valence-corrected chi connectivity index (χ2v) is 2.56. The van der Waals surface area contributed by atoms with Gasteiger partial charge in [-0.1, -0.05) is 6.07 Å². The molecule has 1 aliphatic heterocycles. The molecule has 0 radical (unpaired) electrons. The van der Waals surface area contributed by atoms with E-state index in [0.29, 0.717) is 11.1 Å². The molecule has 64 valence electrons. The number of carbonyl (C=O) groups excluding carboxylic acids is 1. The molecule has 2 rings (SSSR count). The van der Waals surface area contributed by atoms with Crippen molar-refractivity contribution in [1.29, 1.82) is 0 Å². The number of hydrogen-bond donors (Lipinski definition) is 0. The van der Waals surface area contributed by atoms with Crippen LogP contribution in [0.5, 0.6) is 0 Å². The van der Waals surface area contributed by atoms with Gasteiger partial charge < -0.3 is 0 Å². The molecule has 0 saturated heterocycles. The van der Waals surface area contributed by atoms with E-state index in [2.05, 4.69) is 4.99 Å². The first kappa shape index (κ1) is 7.60. The van der Waals surface area contributed by atoms with Crippen LogP contribution in [0.2, 0.25) is 0 Å². The fraction of sp³-hybridized carbons (Fsp3) is 0. The molecule has 1 amide bonds. The summed E-state index contributed by atoms with van der Waals surface area (Å²) in [7, 11) is 0. The van der Waals surface area contributed by atoms with Crippen molar-refractivity contribution in [2.24, 2.45) is 4.99 Å². The molecule has 1 aromatic carbocycles. The first-order valence-corrected chi connectivity index (χ1v) is 3.56. The Kier molecular flexibility index (Phi) is 1.45. The zero-order chi connectivity index (χ0) is 9.42. The van der Waals surface area contributed by atoms with Crippen LogP contribution >= 0.6 is 0 Å². The van der Waals surface area contributed by atoms with Crippen LogP contribution in [-0.2, 0) is 0 Å². The summed E-state index contributed by atoms with van der Waals surface area (Å²) < 4.78 is 0.